The van der Waals surface area contributed by atoms with E-state index in [2.05, 4.69) is 15.6 Å². The van der Waals surface area contributed by atoms with Gasteiger partial charge in [0.1, 0.15) is 11.1 Å². The van der Waals surface area contributed by atoms with Crippen molar-refractivity contribution in [3.05, 3.63) is 63.8 Å². The van der Waals surface area contributed by atoms with Gasteiger partial charge in [-0.25, -0.2) is 0 Å². The third-order valence-electron chi connectivity index (χ3n) is 6.02. The Kier molecular flexibility index (Phi) is 9.01. The first kappa shape index (κ1) is 23.7. The van der Waals surface area contributed by atoms with Crippen molar-refractivity contribution in [2.45, 2.75) is 70.8 Å². The summed E-state index contributed by atoms with van der Waals surface area (Å²) in [6, 6.07) is 4.11. The Morgan fingerprint density at radius 1 is 0.969 bits per heavy atom. The Morgan fingerprint density at radius 2 is 1.56 bits per heavy atom. The summed E-state index contributed by atoms with van der Waals surface area (Å²) in [4.78, 5) is 42.6. The largest absolute Gasteiger partial charge is 0.352 e. The van der Waals surface area contributed by atoms with Crippen LogP contribution in [0, 0.1) is 0 Å². The molecule has 2 amide bonds. The topological polar surface area (TPSA) is 93.1 Å². The average Bonchev–Trinajstić information content (AvgIpc) is 2.83. The summed E-state index contributed by atoms with van der Waals surface area (Å²) in [6.07, 6.45) is 15.6. The lowest BCUT2D eigenvalue weighted by atomic mass is 9.95. The summed E-state index contributed by atoms with van der Waals surface area (Å²) in [6.45, 7) is 3.02. The zero-order chi connectivity index (χ0) is 22.8. The smallest absolute Gasteiger partial charge is 0.256 e. The molecule has 7 nitrogen and oxygen atoms in total. The van der Waals surface area contributed by atoms with Crippen molar-refractivity contribution >= 4 is 11.8 Å². The molecule has 1 saturated carbocycles. The molecule has 0 spiro atoms. The van der Waals surface area contributed by atoms with E-state index >= 15 is 0 Å². The van der Waals surface area contributed by atoms with E-state index in [1.807, 2.05) is 23.6 Å². The van der Waals surface area contributed by atoms with E-state index in [0.29, 0.717) is 13.1 Å². The summed E-state index contributed by atoms with van der Waals surface area (Å²) in [5.74, 6) is -0.821. The molecular weight excluding hydrogens is 404 g/mol. The van der Waals surface area contributed by atoms with Crippen LogP contribution in [0.15, 0.2) is 41.7 Å². The first-order valence-electron chi connectivity index (χ1n) is 11.8. The van der Waals surface area contributed by atoms with E-state index in [9.17, 15) is 14.4 Å². The minimum Gasteiger partial charge on any atom is -0.352 e. The van der Waals surface area contributed by atoms with Crippen LogP contribution in [0.1, 0.15) is 90.6 Å². The molecule has 3 rings (SSSR count). The van der Waals surface area contributed by atoms with Gasteiger partial charge in [-0.15, -0.1) is 0 Å². The number of carbonyl (C=O) groups is 2. The predicted octanol–water partition coefficient (Wildman–Crippen LogP) is 3.64. The van der Waals surface area contributed by atoms with Crippen LogP contribution in [0.4, 0.5) is 0 Å². The maximum absolute atomic E-state index is 13.0. The summed E-state index contributed by atoms with van der Waals surface area (Å²) in [5.41, 5.74) is 0.746. The van der Waals surface area contributed by atoms with E-state index in [1.165, 1.54) is 6.42 Å². The van der Waals surface area contributed by atoms with Crippen molar-refractivity contribution in [1.29, 1.82) is 0 Å². The molecule has 0 bridgehead atoms. The SMILES string of the molecule is CCCCNC(=O)c1cn(C2CCCCC2)cc(C(=O)NCCCc2ccncc2)c1=O. The van der Waals surface area contributed by atoms with Crippen molar-refractivity contribution < 1.29 is 9.59 Å². The lowest BCUT2D eigenvalue weighted by Crippen LogP contribution is -2.36. The van der Waals surface area contributed by atoms with Gasteiger partial charge in [-0.05, 0) is 49.8 Å². The van der Waals surface area contributed by atoms with Gasteiger partial charge in [-0.2, -0.15) is 0 Å². The van der Waals surface area contributed by atoms with Crippen LogP contribution in [0.3, 0.4) is 0 Å². The first-order valence-corrected chi connectivity index (χ1v) is 11.8. The van der Waals surface area contributed by atoms with E-state index in [-0.39, 0.29) is 17.2 Å². The molecule has 0 radical (unpaired) electrons. The number of aryl methyl sites for hydroxylation is 1. The number of nitrogens with one attached hydrogen (secondary N) is 2. The normalized spacial score (nSPS) is 14.2. The highest BCUT2D eigenvalue weighted by atomic mass is 16.2. The molecule has 1 aliphatic carbocycles. The highest BCUT2D eigenvalue weighted by molar-refractivity contribution is 5.99. The Hall–Kier alpha value is -2.96. The molecule has 2 N–H and O–H groups in total. The standard InChI is InChI=1S/C25H34N4O3/c1-2-3-13-27-24(31)21-17-29(20-9-5-4-6-10-20)18-22(23(21)30)25(32)28-14-7-8-19-11-15-26-16-12-19/h11-12,15-18,20H,2-10,13-14H2,1H3,(H,27,31)(H,28,32). The molecule has 0 aliphatic heterocycles. The van der Waals surface area contributed by atoms with Crippen LogP contribution >= 0.6 is 0 Å². The highest BCUT2D eigenvalue weighted by Crippen LogP contribution is 2.28. The van der Waals surface area contributed by atoms with Crippen molar-refractivity contribution in [1.82, 2.24) is 20.2 Å². The van der Waals surface area contributed by atoms with E-state index in [1.54, 1.807) is 24.8 Å². The third-order valence-corrected chi connectivity index (χ3v) is 6.02. The Labute approximate surface area is 189 Å². The second kappa shape index (κ2) is 12.2. The molecule has 0 unspecified atom stereocenters. The van der Waals surface area contributed by atoms with Gasteiger partial charge in [-0.3, -0.25) is 19.4 Å². The zero-order valence-electron chi connectivity index (χ0n) is 18.9. The molecule has 2 aromatic heterocycles. The molecule has 32 heavy (non-hydrogen) atoms. The molecule has 0 aromatic carbocycles. The highest BCUT2D eigenvalue weighted by Gasteiger charge is 2.22. The van der Waals surface area contributed by atoms with Crippen LogP contribution in [0.5, 0.6) is 0 Å². The fraction of sp³-hybridized carbons (Fsp3) is 0.520. The molecule has 172 valence electrons. The summed E-state index contributed by atoms with van der Waals surface area (Å²) < 4.78 is 1.92. The molecule has 0 saturated heterocycles. The van der Waals surface area contributed by atoms with E-state index < -0.39 is 17.2 Å². The number of unbranched alkanes of at least 4 members (excludes halogenated alkanes) is 1. The van der Waals surface area contributed by atoms with E-state index in [4.69, 9.17) is 0 Å². The summed E-state index contributed by atoms with van der Waals surface area (Å²) in [7, 11) is 0. The maximum atomic E-state index is 13.0. The third kappa shape index (κ3) is 6.52. The number of nitrogens with zero attached hydrogens (tertiary/aromatic N) is 2. The zero-order valence-corrected chi connectivity index (χ0v) is 18.9. The van der Waals surface area contributed by atoms with Gasteiger partial charge in [0.05, 0.1) is 0 Å². The molecular formula is C25H34N4O3. The van der Waals surface area contributed by atoms with Crippen LogP contribution in [0.2, 0.25) is 0 Å². The number of carbonyl (C=O) groups excluding carboxylic acids is 2. The second-order valence-electron chi connectivity index (χ2n) is 8.48. The van der Waals surface area contributed by atoms with Gasteiger partial charge in [0.25, 0.3) is 11.8 Å². The van der Waals surface area contributed by atoms with Gasteiger partial charge in [0, 0.05) is 43.9 Å². The van der Waals surface area contributed by atoms with Gasteiger partial charge in [-0.1, -0.05) is 32.6 Å². The van der Waals surface area contributed by atoms with Crippen molar-refractivity contribution in [2.75, 3.05) is 13.1 Å². The maximum Gasteiger partial charge on any atom is 0.256 e. The lowest BCUT2D eigenvalue weighted by Gasteiger charge is -2.25. The van der Waals surface area contributed by atoms with Crippen molar-refractivity contribution in [3.63, 3.8) is 0 Å². The summed E-state index contributed by atoms with van der Waals surface area (Å²) >= 11 is 0. The summed E-state index contributed by atoms with van der Waals surface area (Å²) in [5, 5.41) is 5.68. The minimum atomic E-state index is -0.502. The fourth-order valence-corrected chi connectivity index (χ4v) is 4.12. The Balaban J connectivity index is 1.74. The molecule has 2 heterocycles. The minimum absolute atomic E-state index is 0.0441. The Morgan fingerprint density at radius 3 is 2.16 bits per heavy atom. The monoisotopic (exact) mass is 438 g/mol. The molecule has 1 aliphatic rings. The van der Waals surface area contributed by atoms with Gasteiger partial charge >= 0.3 is 0 Å². The molecule has 2 aromatic rings. The van der Waals surface area contributed by atoms with E-state index in [0.717, 1.165) is 56.9 Å². The molecule has 7 heteroatoms. The average molecular weight is 439 g/mol. The van der Waals surface area contributed by atoms with Crippen LogP contribution in [-0.2, 0) is 6.42 Å². The van der Waals surface area contributed by atoms with Gasteiger partial charge < -0.3 is 15.2 Å². The van der Waals surface area contributed by atoms with Crippen molar-refractivity contribution in [2.24, 2.45) is 0 Å². The predicted molar refractivity (Wildman–Crippen MR) is 125 cm³/mol. The fourth-order valence-electron chi connectivity index (χ4n) is 4.12. The molecule has 0 atom stereocenters. The van der Waals surface area contributed by atoms with Crippen molar-refractivity contribution in [3.8, 4) is 0 Å². The Bertz CT molecular complexity index is 949. The van der Waals surface area contributed by atoms with Crippen LogP contribution in [0.25, 0.3) is 0 Å². The number of pyridine rings is 2. The number of hydrogen-bond acceptors (Lipinski definition) is 4. The van der Waals surface area contributed by atoms with Crippen LogP contribution < -0.4 is 16.1 Å². The number of hydrogen-bond donors (Lipinski definition) is 2. The number of amides is 2. The quantitative estimate of drug-likeness (QED) is 0.554. The molecule has 1 fully saturated rings. The number of rotatable bonds is 10. The second-order valence-corrected chi connectivity index (χ2v) is 8.48. The van der Waals surface area contributed by atoms with Gasteiger partial charge in [0.2, 0.25) is 5.43 Å². The first-order chi connectivity index (χ1) is 15.6. The van der Waals surface area contributed by atoms with Crippen LogP contribution in [-0.4, -0.2) is 34.5 Å². The van der Waals surface area contributed by atoms with Gasteiger partial charge in [0.15, 0.2) is 0 Å². The lowest BCUT2D eigenvalue weighted by molar-refractivity contribution is 0.0949. The number of aromatic nitrogens is 2.